The molecule has 0 bridgehead atoms. The number of rotatable bonds is 4. The highest BCUT2D eigenvalue weighted by Crippen LogP contribution is 2.50. The second-order valence-electron chi connectivity index (χ2n) is 5.13. The van der Waals surface area contributed by atoms with Crippen molar-refractivity contribution in [3.63, 3.8) is 0 Å². The average Bonchev–Trinajstić information content (AvgIpc) is 2.48. The Hall–Kier alpha value is -1.20. The first kappa shape index (κ1) is 24.1. The van der Waals surface area contributed by atoms with E-state index < -0.39 is 7.59 Å². The summed E-state index contributed by atoms with van der Waals surface area (Å²) in [6.45, 7) is 3.65. The van der Waals surface area contributed by atoms with Crippen molar-refractivity contribution in [2.24, 2.45) is 0 Å². The Balaban J connectivity index is 0. The number of ether oxygens (including phenoxy) is 1. The number of hydrogen-bond acceptors (Lipinski definition) is 3. The summed E-state index contributed by atoms with van der Waals surface area (Å²) in [5.41, 5.74) is 0. The number of benzene rings is 1. The molecule has 0 unspecified atom stereocenters. The SMILES string of the molecule is CCOC(C)=O.CN(C)P(=O)(N(C)C)N(C)C.c1ccccc1. The predicted molar refractivity (Wildman–Crippen MR) is 97.4 cm³/mol. The highest BCUT2D eigenvalue weighted by molar-refractivity contribution is 7.56. The molecule has 0 aromatic heterocycles. The molecule has 0 aliphatic rings. The van der Waals surface area contributed by atoms with Gasteiger partial charge in [0.05, 0.1) is 6.61 Å². The van der Waals surface area contributed by atoms with E-state index in [1.54, 1.807) is 20.9 Å². The normalized spacial score (nSPS) is 10.6. The molecule has 1 rings (SSSR count). The number of carbonyl (C=O) groups excluding carboxylic acids is 1. The minimum atomic E-state index is -2.44. The Morgan fingerprint density at radius 3 is 1.13 bits per heavy atom. The number of esters is 1. The van der Waals surface area contributed by atoms with Crippen LogP contribution in [0.4, 0.5) is 0 Å². The topological polar surface area (TPSA) is 53.1 Å². The summed E-state index contributed by atoms with van der Waals surface area (Å²) in [5.74, 6) is -0.211. The molecule has 0 spiro atoms. The molecule has 0 amide bonds. The van der Waals surface area contributed by atoms with Gasteiger partial charge in [-0.25, -0.2) is 14.0 Å². The molecule has 0 saturated carbocycles. The summed E-state index contributed by atoms with van der Waals surface area (Å²) in [6.07, 6.45) is 0. The molecule has 6 nitrogen and oxygen atoms in total. The monoisotopic (exact) mass is 345 g/mol. The quantitative estimate of drug-likeness (QED) is 0.618. The van der Waals surface area contributed by atoms with Crippen LogP contribution in [0.1, 0.15) is 13.8 Å². The molecular formula is C16H32N3O3P. The minimum Gasteiger partial charge on any atom is -0.466 e. The van der Waals surface area contributed by atoms with Gasteiger partial charge in [-0.3, -0.25) is 9.36 Å². The lowest BCUT2D eigenvalue weighted by Gasteiger charge is -2.34. The first-order chi connectivity index (χ1) is 10.6. The molecule has 0 fully saturated rings. The molecule has 23 heavy (non-hydrogen) atoms. The van der Waals surface area contributed by atoms with E-state index in [0.717, 1.165) is 0 Å². The van der Waals surface area contributed by atoms with Gasteiger partial charge in [0.15, 0.2) is 0 Å². The number of carbonyl (C=O) groups is 1. The lowest BCUT2D eigenvalue weighted by Crippen LogP contribution is -2.30. The summed E-state index contributed by atoms with van der Waals surface area (Å²) in [6, 6.07) is 12.0. The van der Waals surface area contributed by atoms with Crippen LogP contribution >= 0.6 is 7.59 Å². The van der Waals surface area contributed by atoms with Crippen LogP contribution < -0.4 is 0 Å². The first-order valence-corrected chi connectivity index (χ1v) is 8.94. The maximum absolute atomic E-state index is 12.1. The van der Waals surface area contributed by atoms with Crippen LogP contribution in [0.2, 0.25) is 0 Å². The summed E-state index contributed by atoms with van der Waals surface area (Å²) < 4.78 is 21.7. The van der Waals surface area contributed by atoms with Crippen molar-refractivity contribution in [2.75, 3.05) is 48.9 Å². The summed E-state index contributed by atoms with van der Waals surface area (Å²) in [5, 5.41) is 0. The maximum Gasteiger partial charge on any atom is 0.302 e. The smallest absolute Gasteiger partial charge is 0.302 e. The Morgan fingerprint density at radius 1 is 0.826 bits per heavy atom. The van der Waals surface area contributed by atoms with Crippen molar-refractivity contribution in [1.82, 2.24) is 14.0 Å². The molecule has 0 aliphatic carbocycles. The number of nitrogens with zero attached hydrogens (tertiary/aromatic N) is 3. The third-order valence-electron chi connectivity index (χ3n) is 2.58. The second-order valence-corrected chi connectivity index (χ2v) is 8.56. The van der Waals surface area contributed by atoms with Crippen molar-refractivity contribution < 1.29 is 14.1 Å². The van der Waals surface area contributed by atoms with Crippen LogP contribution in [0, 0.1) is 0 Å². The molecule has 0 N–H and O–H groups in total. The van der Waals surface area contributed by atoms with Crippen molar-refractivity contribution in [2.45, 2.75) is 13.8 Å². The lowest BCUT2D eigenvalue weighted by atomic mass is 10.4. The highest BCUT2D eigenvalue weighted by Gasteiger charge is 2.30. The van der Waals surface area contributed by atoms with Crippen LogP contribution in [0.3, 0.4) is 0 Å². The molecule has 0 saturated heterocycles. The third kappa shape index (κ3) is 11.0. The molecule has 0 radical (unpaired) electrons. The van der Waals surface area contributed by atoms with Crippen LogP contribution in [-0.4, -0.2) is 68.9 Å². The molecular weight excluding hydrogens is 313 g/mol. The zero-order chi connectivity index (χ0) is 18.5. The van der Waals surface area contributed by atoms with Crippen LogP contribution in [0.15, 0.2) is 36.4 Å². The van der Waals surface area contributed by atoms with Gasteiger partial charge in [0.25, 0.3) is 7.59 Å². The van der Waals surface area contributed by atoms with Gasteiger partial charge in [0.1, 0.15) is 0 Å². The Labute approximate surface area is 141 Å². The fraction of sp³-hybridized carbons (Fsp3) is 0.562. The standard InChI is InChI=1S/C6H18N3OP.C6H6.C4H8O2/c1-7(2)11(10,8(3)4)9(5)6;1-2-4-6-5-3-1;1-3-6-4(2)5/h1-6H3;1-6H;3H2,1-2H3. The van der Waals surface area contributed by atoms with Gasteiger partial charge < -0.3 is 4.74 Å². The fourth-order valence-corrected chi connectivity index (χ4v) is 3.81. The second kappa shape index (κ2) is 13.3. The predicted octanol–water partition coefficient (Wildman–Crippen LogP) is 3.04. The minimum absolute atomic E-state index is 0.211. The van der Waals surface area contributed by atoms with E-state index in [4.69, 9.17) is 0 Å². The van der Waals surface area contributed by atoms with E-state index in [0.29, 0.717) is 6.61 Å². The number of hydrogen-bond donors (Lipinski definition) is 0. The molecule has 1 aromatic rings. The Morgan fingerprint density at radius 2 is 1.09 bits per heavy atom. The van der Waals surface area contributed by atoms with Gasteiger partial charge in [-0.1, -0.05) is 36.4 Å². The van der Waals surface area contributed by atoms with E-state index in [1.807, 2.05) is 78.7 Å². The van der Waals surface area contributed by atoms with E-state index in [9.17, 15) is 9.36 Å². The zero-order valence-electron chi connectivity index (χ0n) is 15.7. The average molecular weight is 345 g/mol. The Bertz CT molecular complexity index is 396. The van der Waals surface area contributed by atoms with Gasteiger partial charge in [-0.15, -0.1) is 0 Å². The van der Waals surface area contributed by atoms with E-state index in [-0.39, 0.29) is 5.97 Å². The summed E-state index contributed by atoms with van der Waals surface area (Å²) in [7, 11) is 8.49. The van der Waals surface area contributed by atoms with E-state index in [2.05, 4.69) is 4.74 Å². The summed E-state index contributed by atoms with van der Waals surface area (Å²) >= 11 is 0. The largest absolute Gasteiger partial charge is 0.466 e. The Kier molecular flexibility index (Phi) is 13.9. The van der Waals surface area contributed by atoms with Crippen molar-refractivity contribution in [3.8, 4) is 0 Å². The summed E-state index contributed by atoms with van der Waals surface area (Å²) in [4.78, 5) is 9.82. The molecule has 0 aliphatic heterocycles. The van der Waals surface area contributed by atoms with Crippen LogP contribution in [0.25, 0.3) is 0 Å². The highest BCUT2D eigenvalue weighted by atomic mass is 31.2. The van der Waals surface area contributed by atoms with Gasteiger partial charge >= 0.3 is 5.97 Å². The van der Waals surface area contributed by atoms with E-state index >= 15 is 0 Å². The third-order valence-corrected chi connectivity index (χ3v) is 5.70. The molecule has 1 aromatic carbocycles. The van der Waals surface area contributed by atoms with Crippen molar-refractivity contribution >= 4 is 13.6 Å². The van der Waals surface area contributed by atoms with Crippen LogP contribution in [0.5, 0.6) is 0 Å². The van der Waals surface area contributed by atoms with Gasteiger partial charge in [0.2, 0.25) is 0 Å². The fourth-order valence-electron chi connectivity index (χ4n) is 1.66. The van der Waals surface area contributed by atoms with Gasteiger partial charge in [-0.05, 0) is 49.2 Å². The maximum atomic E-state index is 12.1. The van der Waals surface area contributed by atoms with E-state index in [1.165, 1.54) is 6.92 Å². The van der Waals surface area contributed by atoms with Crippen molar-refractivity contribution in [3.05, 3.63) is 36.4 Å². The first-order valence-electron chi connectivity index (χ1n) is 7.37. The molecule has 134 valence electrons. The molecule has 0 atom stereocenters. The van der Waals surface area contributed by atoms with Crippen molar-refractivity contribution in [1.29, 1.82) is 0 Å². The lowest BCUT2D eigenvalue weighted by molar-refractivity contribution is -0.140. The zero-order valence-corrected chi connectivity index (χ0v) is 16.6. The van der Waals surface area contributed by atoms with Gasteiger partial charge in [-0.2, -0.15) is 0 Å². The van der Waals surface area contributed by atoms with Crippen LogP contribution in [-0.2, 0) is 14.1 Å². The molecule has 7 heteroatoms. The molecule has 0 heterocycles. The van der Waals surface area contributed by atoms with Gasteiger partial charge in [0, 0.05) is 6.92 Å².